The zero-order valence-corrected chi connectivity index (χ0v) is 18.5. The van der Waals surface area contributed by atoms with E-state index in [9.17, 15) is 14.7 Å². The molecule has 0 spiro atoms. The fourth-order valence-corrected chi connectivity index (χ4v) is 3.00. The van der Waals surface area contributed by atoms with Gasteiger partial charge in [0.2, 0.25) is 0 Å². The first-order valence-electron chi connectivity index (χ1n) is 10.1. The van der Waals surface area contributed by atoms with Gasteiger partial charge in [-0.1, -0.05) is 62.8 Å². The van der Waals surface area contributed by atoms with E-state index in [2.05, 4.69) is 10.6 Å². The van der Waals surface area contributed by atoms with Crippen LogP contribution in [0.2, 0.25) is 0 Å². The maximum atomic E-state index is 12.4. The highest BCUT2D eigenvalue weighted by molar-refractivity contribution is 5.73. The number of allylic oxidation sites excluding steroid dienone is 1. The summed E-state index contributed by atoms with van der Waals surface area (Å²) in [6, 6.07) is 8.23. The predicted molar refractivity (Wildman–Crippen MR) is 116 cm³/mol. The Morgan fingerprint density at radius 3 is 2.34 bits per heavy atom. The van der Waals surface area contributed by atoms with E-state index < -0.39 is 18.1 Å². The van der Waals surface area contributed by atoms with Gasteiger partial charge in [-0.15, -0.1) is 0 Å². The number of carbonyl (C=O) groups excluding carboxylic acids is 1. The first-order valence-corrected chi connectivity index (χ1v) is 10.1. The lowest BCUT2D eigenvalue weighted by atomic mass is 9.87. The van der Waals surface area contributed by atoms with Crippen molar-refractivity contribution in [1.29, 1.82) is 0 Å². The summed E-state index contributed by atoms with van der Waals surface area (Å²) in [5.74, 6) is -0.889. The molecule has 3 atom stereocenters. The zero-order chi connectivity index (χ0) is 22.0. The summed E-state index contributed by atoms with van der Waals surface area (Å²) in [6.07, 6.45) is 2.56. The number of carboxylic acids is 1. The van der Waals surface area contributed by atoms with Crippen LogP contribution >= 0.6 is 0 Å². The van der Waals surface area contributed by atoms with Crippen molar-refractivity contribution in [2.75, 3.05) is 0 Å². The van der Waals surface area contributed by atoms with Crippen molar-refractivity contribution in [2.45, 2.75) is 79.1 Å². The molecule has 0 aliphatic heterocycles. The number of carboxylic acid groups (broad SMARTS) is 1. The molecule has 0 heterocycles. The van der Waals surface area contributed by atoms with Crippen LogP contribution in [0.4, 0.5) is 4.79 Å². The van der Waals surface area contributed by atoms with Crippen LogP contribution in [0.3, 0.4) is 0 Å². The van der Waals surface area contributed by atoms with Crippen molar-refractivity contribution in [3.05, 3.63) is 47.5 Å². The number of carbonyl (C=O) groups is 2. The smallest absolute Gasteiger partial charge is 0.407 e. The quantitative estimate of drug-likeness (QED) is 0.500. The summed E-state index contributed by atoms with van der Waals surface area (Å²) in [5, 5.41) is 15.7. The fraction of sp³-hybridized carbons (Fsp3) is 0.565. The molecule has 162 valence electrons. The Labute approximate surface area is 174 Å². The predicted octanol–water partition coefficient (Wildman–Crippen LogP) is 4.51. The van der Waals surface area contributed by atoms with Crippen LogP contribution in [0.1, 0.15) is 59.9 Å². The lowest BCUT2D eigenvalue weighted by Gasteiger charge is -2.31. The molecule has 1 aromatic carbocycles. The van der Waals surface area contributed by atoms with Crippen LogP contribution < -0.4 is 10.6 Å². The third-order valence-electron chi connectivity index (χ3n) is 4.73. The Morgan fingerprint density at radius 2 is 1.83 bits per heavy atom. The molecule has 0 saturated heterocycles. The minimum Gasteiger partial charge on any atom is -0.480 e. The molecule has 0 aliphatic carbocycles. The van der Waals surface area contributed by atoms with Crippen molar-refractivity contribution in [3.8, 4) is 0 Å². The van der Waals surface area contributed by atoms with Crippen molar-refractivity contribution in [3.63, 3.8) is 0 Å². The van der Waals surface area contributed by atoms with E-state index in [1.807, 2.05) is 78.0 Å². The summed E-state index contributed by atoms with van der Waals surface area (Å²) in [6.45, 7) is 12.0. The zero-order valence-electron chi connectivity index (χ0n) is 18.5. The summed E-state index contributed by atoms with van der Waals surface area (Å²) in [5.41, 5.74) is 1.88. The average molecular weight is 405 g/mol. The number of hydrogen-bond acceptors (Lipinski definition) is 4. The lowest BCUT2D eigenvalue weighted by Crippen LogP contribution is -2.54. The molecular weight excluding hydrogens is 368 g/mol. The van der Waals surface area contributed by atoms with E-state index in [0.29, 0.717) is 12.8 Å². The van der Waals surface area contributed by atoms with E-state index in [1.54, 1.807) is 0 Å². The maximum absolute atomic E-state index is 12.4. The molecular formula is C23H36N2O4. The SMILES string of the molecule is C/C=C(\C)C[C@H](NC(=O)OCc1ccccc1)C(C)N[C@@H](CC(C)(C)C)C(=O)O. The monoisotopic (exact) mass is 404 g/mol. The van der Waals surface area contributed by atoms with Gasteiger partial charge in [0.15, 0.2) is 0 Å². The largest absolute Gasteiger partial charge is 0.480 e. The molecule has 1 amide bonds. The summed E-state index contributed by atoms with van der Waals surface area (Å²) < 4.78 is 5.34. The molecule has 0 fully saturated rings. The fourth-order valence-electron chi connectivity index (χ4n) is 3.00. The summed E-state index contributed by atoms with van der Waals surface area (Å²) in [4.78, 5) is 24.1. The van der Waals surface area contributed by atoms with Crippen LogP contribution in [-0.4, -0.2) is 35.3 Å². The molecule has 0 saturated carbocycles. The van der Waals surface area contributed by atoms with E-state index in [-0.39, 0.29) is 24.1 Å². The highest BCUT2D eigenvalue weighted by Gasteiger charge is 2.29. The Hall–Kier alpha value is -2.34. The van der Waals surface area contributed by atoms with E-state index in [1.165, 1.54) is 0 Å². The Balaban J connectivity index is 2.78. The highest BCUT2D eigenvalue weighted by atomic mass is 16.5. The second kappa shape index (κ2) is 11.6. The molecule has 3 N–H and O–H groups in total. The third kappa shape index (κ3) is 10.1. The molecule has 1 rings (SSSR count). The van der Waals surface area contributed by atoms with Gasteiger partial charge in [0.1, 0.15) is 12.6 Å². The van der Waals surface area contributed by atoms with Crippen LogP contribution in [0.5, 0.6) is 0 Å². The third-order valence-corrected chi connectivity index (χ3v) is 4.73. The van der Waals surface area contributed by atoms with Gasteiger partial charge in [-0.3, -0.25) is 10.1 Å². The highest BCUT2D eigenvalue weighted by Crippen LogP contribution is 2.22. The Bertz CT molecular complexity index is 680. The van der Waals surface area contributed by atoms with Gasteiger partial charge in [-0.2, -0.15) is 0 Å². The number of nitrogens with one attached hydrogen (secondary N) is 2. The number of rotatable bonds is 10. The Morgan fingerprint density at radius 1 is 1.21 bits per heavy atom. The van der Waals surface area contributed by atoms with Gasteiger partial charge in [-0.25, -0.2) is 4.79 Å². The van der Waals surface area contributed by atoms with Gasteiger partial charge in [0.25, 0.3) is 0 Å². The summed E-state index contributed by atoms with van der Waals surface area (Å²) >= 11 is 0. The van der Waals surface area contributed by atoms with Crippen LogP contribution in [0.25, 0.3) is 0 Å². The van der Waals surface area contributed by atoms with Crippen molar-refractivity contribution in [1.82, 2.24) is 10.6 Å². The second-order valence-corrected chi connectivity index (χ2v) is 8.76. The summed E-state index contributed by atoms with van der Waals surface area (Å²) in [7, 11) is 0. The first-order chi connectivity index (χ1) is 13.5. The van der Waals surface area contributed by atoms with Crippen molar-refractivity contribution < 1.29 is 19.4 Å². The van der Waals surface area contributed by atoms with Gasteiger partial charge >= 0.3 is 12.1 Å². The van der Waals surface area contributed by atoms with Gasteiger partial charge < -0.3 is 15.2 Å². The van der Waals surface area contributed by atoms with Crippen molar-refractivity contribution >= 4 is 12.1 Å². The number of amides is 1. The number of ether oxygens (including phenoxy) is 1. The number of aliphatic carboxylic acids is 1. The molecule has 0 aromatic heterocycles. The number of alkyl carbamates (subject to hydrolysis) is 1. The molecule has 6 nitrogen and oxygen atoms in total. The van der Waals surface area contributed by atoms with Crippen LogP contribution in [0, 0.1) is 5.41 Å². The van der Waals surface area contributed by atoms with E-state index in [0.717, 1.165) is 11.1 Å². The average Bonchev–Trinajstić information content (AvgIpc) is 2.64. The van der Waals surface area contributed by atoms with Crippen molar-refractivity contribution in [2.24, 2.45) is 5.41 Å². The molecule has 0 radical (unpaired) electrons. The normalized spacial score (nSPS) is 15.3. The van der Waals surface area contributed by atoms with Gasteiger partial charge in [-0.05, 0) is 44.6 Å². The van der Waals surface area contributed by atoms with Gasteiger partial charge in [0, 0.05) is 6.04 Å². The van der Waals surface area contributed by atoms with E-state index >= 15 is 0 Å². The molecule has 29 heavy (non-hydrogen) atoms. The molecule has 1 aromatic rings. The topological polar surface area (TPSA) is 87.7 Å². The number of benzene rings is 1. The first kappa shape index (κ1) is 24.7. The minimum absolute atomic E-state index is 0.132. The van der Waals surface area contributed by atoms with Crippen LogP contribution in [-0.2, 0) is 16.1 Å². The second-order valence-electron chi connectivity index (χ2n) is 8.76. The van der Waals surface area contributed by atoms with E-state index in [4.69, 9.17) is 4.74 Å². The number of hydrogen-bond donors (Lipinski definition) is 3. The lowest BCUT2D eigenvalue weighted by molar-refractivity contribution is -0.140. The standard InChI is InChI=1S/C23H36N2O4/c1-7-16(2)13-19(17(3)24-20(21(26)27)14-23(4,5)6)25-22(28)29-15-18-11-9-8-10-12-18/h7-12,17,19-20,24H,13-15H2,1-6H3,(H,25,28)(H,26,27)/b16-7+/t17?,19-,20-/m0/s1. The van der Waals surface area contributed by atoms with Crippen LogP contribution in [0.15, 0.2) is 42.0 Å². The molecule has 0 bridgehead atoms. The maximum Gasteiger partial charge on any atom is 0.407 e. The molecule has 0 aliphatic rings. The molecule has 1 unspecified atom stereocenters. The van der Waals surface area contributed by atoms with Gasteiger partial charge in [0.05, 0.1) is 6.04 Å². The minimum atomic E-state index is -0.889. The molecule has 6 heteroatoms. The Kier molecular flexibility index (Phi) is 9.89.